The fraction of sp³-hybridized carbons (Fsp3) is 0.364. The molecular formula is C22H29N4OS+. The molecule has 6 heteroatoms. The molecule has 0 aliphatic carbocycles. The van der Waals surface area contributed by atoms with Crippen LogP contribution in [0.15, 0.2) is 48.5 Å². The van der Waals surface area contributed by atoms with E-state index >= 15 is 0 Å². The molecule has 0 aromatic heterocycles. The highest BCUT2D eigenvalue weighted by molar-refractivity contribution is 7.80. The van der Waals surface area contributed by atoms with Gasteiger partial charge in [0, 0.05) is 12.2 Å². The minimum absolute atomic E-state index is 0.0712. The second-order valence-corrected chi connectivity index (χ2v) is 7.74. The van der Waals surface area contributed by atoms with Crippen molar-refractivity contribution < 1.29 is 9.69 Å². The number of rotatable bonds is 5. The first-order valence-electron chi connectivity index (χ1n) is 9.79. The molecule has 5 nitrogen and oxygen atoms in total. The summed E-state index contributed by atoms with van der Waals surface area (Å²) in [5.41, 5.74) is 4.45. The van der Waals surface area contributed by atoms with Crippen molar-refractivity contribution in [3.05, 3.63) is 65.2 Å². The molecule has 3 rings (SSSR count). The van der Waals surface area contributed by atoms with E-state index in [2.05, 4.69) is 40.7 Å². The summed E-state index contributed by atoms with van der Waals surface area (Å²) in [4.78, 5) is 15.9. The number of carbonyl (C=O) groups excluding carboxylic acids is 1. The zero-order valence-corrected chi connectivity index (χ0v) is 17.4. The van der Waals surface area contributed by atoms with E-state index in [4.69, 9.17) is 12.2 Å². The first kappa shape index (κ1) is 20.3. The minimum atomic E-state index is 0.0712. The number of anilines is 1. The highest BCUT2D eigenvalue weighted by atomic mass is 32.1. The van der Waals surface area contributed by atoms with Crippen LogP contribution in [0.3, 0.4) is 0 Å². The van der Waals surface area contributed by atoms with E-state index in [0.29, 0.717) is 6.54 Å². The second-order valence-electron chi connectivity index (χ2n) is 7.35. The summed E-state index contributed by atoms with van der Waals surface area (Å²) < 4.78 is 0. The Balaban J connectivity index is 1.41. The van der Waals surface area contributed by atoms with Crippen LogP contribution < -0.4 is 15.5 Å². The Labute approximate surface area is 172 Å². The number of nitrogens with one attached hydrogen (secondary N) is 3. The van der Waals surface area contributed by atoms with Gasteiger partial charge in [-0.15, -0.1) is 0 Å². The van der Waals surface area contributed by atoms with Crippen molar-refractivity contribution in [1.82, 2.24) is 10.2 Å². The van der Waals surface area contributed by atoms with E-state index in [9.17, 15) is 4.79 Å². The zero-order chi connectivity index (χ0) is 19.9. The van der Waals surface area contributed by atoms with Crippen LogP contribution in [0, 0.1) is 13.8 Å². The molecule has 1 saturated heterocycles. The molecule has 2 aromatic carbocycles. The number of nitrogens with zero attached hydrogens (tertiary/aromatic N) is 1. The SMILES string of the molecule is Cc1cccc(NC(=O)C[NH+]2CCN(C(=S)NCc3ccccc3)CC2)c1C. The molecule has 0 spiro atoms. The Bertz CT molecular complexity index is 817. The molecule has 0 unspecified atom stereocenters. The highest BCUT2D eigenvalue weighted by Gasteiger charge is 2.23. The van der Waals surface area contributed by atoms with Crippen LogP contribution in [0.5, 0.6) is 0 Å². The normalized spacial score (nSPS) is 14.6. The molecule has 0 bridgehead atoms. The molecular weight excluding hydrogens is 368 g/mol. The zero-order valence-electron chi connectivity index (χ0n) is 16.6. The number of thiocarbonyl (C=S) groups is 1. The van der Waals surface area contributed by atoms with Gasteiger partial charge in [-0.1, -0.05) is 42.5 Å². The second kappa shape index (κ2) is 9.66. The smallest absolute Gasteiger partial charge is 0.279 e. The van der Waals surface area contributed by atoms with Crippen molar-refractivity contribution in [2.75, 3.05) is 38.0 Å². The van der Waals surface area contributed by atoms with Crippen LogP contribution in [-0.2, 0) is 11.3 Å². The lowest BCUT2D eigenvalue weighted by molar-refractivity contribution is -0.895. The van der Waals surface area contributed by atoms with Crippen molar-refractivity contribution >= 4 is 28.9 Å². The number of amides is 1. The lowest BCUT2D eigenvalue weighted by atomic mass is 10.1. The maximum absolute atomic E-state index is 12.4. The standard InChI is InChI=1S/C22H28N4OS/c1-17-7-6-10-20(18(17)2)24-21(27)16-25-11-13-26(14-12-25)22(28)23-15-19-8-4-3-5-9-19/h3-10H,11-16H2,1-2H3,(H,23,28)(H,24,27)/p+1. The highest BCUT2D eigenvalue weighted by Crippen LogP contribution is 2.17. The number of quaternary nitrogens is 1. The quantitative estimate of drug-likeness (QED) is 0.670. The third-order valence-electron chi connectivity index (χ3n) is 5.33. The monoisotopic (exact) mass is 397 g/mol. The Morgan fingerprint density at radius 3 is 2.50 bits per heavy atom. The van der Waals surface area contributed by atoms with Crippen molar-refractivity contribution in [2.45, 2.75) is 20.4 Å². The number of benzene rings is 2. The number of aryl methyl sites for hydroxylation is 1. The third kappa shape index (κ3) is 5.53. The molecule has 0 atom stereocenters. The van der Waals surface area contributed by atoms with Crippen molar-refractivity contribution in [1.29, 1.82) is 0 Å². The Morgan fingerprint density at radius 2 is 1.79 bits per heavy atom. The van der Waals surface area contributed by atoms with Gasteiger partial charge < -0.3 is 20.4 Å². The van der Waals surface area contributed by atoms with Crippen LogP contribution in [0.1, 0.15) is 16.7 Å². The molecule has 1 heterocycles. The van der Waals surface area contributed by atoms with E-state index in [0.717, 1.165) is 49.1 Å². The molecule has 2 aromatic rings. The molecule has 1 aliphatic rings. The lowest BCUT2D eigenvalue weighted by Crippen LogP contribution is -3.15. The fourth-order valence-corrected chi connectivity index (χ4v) is 3.65. The predicted octanol–water partition coefficient (Wildman–Crippen LogP) is 1.52. The van der Waals surface area contributed by atoms with E-state index in [1.54, 1.807) is 0 Å². The summed E-state index contributed by atoms with van der Waals surface area (Å²) in [6.45, 7) is 8.89. The number of hydrogen-bond acceptors (Lipinski definition) is 2. The van der Waals surface area contributed by atoms with Gasteiger partial charge in [0.25, 0.3) is 5.91 Å². The van der Waals surface area contributed by atoms with Crippen molar-refractivity contribution in [2.24, 2.45) is 0 Å². The van der Waals surface area contributed by atoms with Crippen LogP contribution in [0.25, 0.3) is 0 Å². The van der Waals surface area contributed by atoms with Gasteiger partial charge in [0.1, 0.15) is 0 Å². The number of hydrogen-bond donors (Lipinski definition) is 3. The molecule has 3 N–H and O–H groups in total. The van der Waals surface area contributed by atoms with Crippen molar-refractivity contribution in [3.63, 3.8) is 0 Å². The fourth-order valence-electron chi connectivity index (χ4n) is 3.40. The summed E-state index contributed by atoms with van der Waals surface area (Å²) >= 11 is 5.54. The van der Waals surface area contributed by atoms with Crippen LogP contribution in [0.4, 0.5) is 5.69 Å². The first-order valence-corrected chi connectivity index (χ1v) is 10.2. The molecule has 0 radical (unpaired) electrons. The lowest BCUT2D eigenvalue weighted by Gasteiger charge is -2.33. The number of piperazine rings is 1. The maximum atomic E-state index is 12.4. The third-order valence-corrected chi connectivity index (χ3v) is 5.74. The van der Waals surface area contributed by atoms with E-state index in [1.165, 1.54) is 16.0 Å². The predicted molar refractivity (Wildman–Crippen MR) is 118 cm³/mol. The van der Waals surface area contributed by atoms with E-state index in [-0.39, 0.29) is 5.91 Å². The largest absolute Gasteiger partial charge is 0.358 e. The Morgan fingerprint density at radius 1 is 1.07 bits per heavy atom. The summed E-state index contributed by atoms with van der Waals surface area (Å²) in [6.07, 6.45) is 0. The maximum Gasteiger partial charge on any atom is 0.279 e. The number of carbonyl (C=O) groups is 1. The van der Waals surface area contributed by atoms with Crippen LogP contribution in [0.2, 0.25) is 0 Å². The Hall–Kier alpha value is -2.44. The van der Waals surface area contributed by atoms with Gasteiger partial charge in [-0.3, -0.25) is 4.79 Å². The van der Waals surface area contributed by atoms with E-state index < -0.39 is 0 Å². The first-order chi connectivity index (χ1) is 13.5. The van der Waals surface area contributed by atoms with Gasteiger partial charge >= 0.3 is 0 Å². The average molecular weight is 398 g/mol. The van der Waals surface area contributed by atoms with Gasteiger partial charge in [0.15, 0.2) is 11.7 Å². The van der Waals surface area contributed by atoms with E-state index in [1.807, 2.05) is 37.3 Å². The van der Waals surface area contributed by atoms with Gasteiger partial charge in [0.2, 0.25) is 0 Å². The molecule has 148 valence electrons. The van der Waals surface area contributed by atoms with Gasteiger partial charge in [-0.2, -0.15) is 0 Å². The van der Waals surface area contributed by atoms with Gasteiger partial charge in [-0.05, 0) is 48.8 Å². The topological polar surface area (TPSA) is 48.8 Å². The van der Waals surface area contributed by atoms with Crippen LogP contribution >= 0.6 is 12.2 Å². The summed E-state index contributed by atoms with van der Waals surface area (Å²) in [5, 5.41) is 7.19. The summed E-state index contributed by atoms with van der Waals surface area (Å²) in [7, 11) is 0. The molecule has 1 fully saturated rings. The van der Waals surface area contributed by atoms with Gasteiger partial charge in [-0.25, -0.2) is 0 Å². The minimum Gasteiger partial charge on any atom is -0.358 e. The van der Waals surface area contributed by atoms with Crippen molar-refractivity contribution in [3.8, 4) is 0 Å². The Kier molecular flexibility index (Phi) is 7.01. The molecule has 1 amide bonds. The van der Waals surface area contributed by atoms with Gasteiger partial charge in [0.05, 0.1) is 26.2 Å². The average Bonchev–Trinajstić information content (AvgIpc) is 2.71. The molecule has 0 saturated carbocycles. The molecule has 28 heavy (non-hydrogen) atoms. The summed E-state index contributed by atoms with van der Waals surface area (Å²) in [5.74, 6) is 0.0712. The summed E-state index contributed by atoms with van der Waals surface area (Å²) in [6, 6.07) is 16.3. The molecule has 1 aliphatic heterocycles. The van der Waals surface area contributed by atoms with Crippen LogP contribution in [-0.4, -0.2) is 48.6 Å².